The molecule has 1 aromatic rings. The first-order chi connectivity index (χ1) is 5.77. The van der Waals surface area contributed by atoms with Crippen LogP contribution in [0.3, 0.4) is 0 Å². The minimum Gasteiger partial charge on any atom is -0.351 e. The molecule has 0 spiro atoms. The molecule has 1 N–H and O–H groups in total. The Bertz CT molecular complexity index is 326. The summed E-state index contributed by atoms with van der Waals surface area (Å²) in [5.74, 6) is -0.227. The maximum Gasteiger partial charge on any atom is 0.270 e. The third kappa shape index (κ3) is 1.80. The van der Waals surface area contributed by atoms with Gasteiger partial charge in [-0.3, -0.25) is 4.79 Å². The molecule has 12 heavy (non-hydrogen) atoms. The van der Waals surface area contributed by atoms with Crippen LogP contribution in [-0.2, 0) is 0 Å². The number of nitriles is 1. The third-order valence-electron chi connectivity index (χ3n) is 1.17. The molecule has 1 rings (SSSR count). The van der Waals surface area contributed by atoms with E-state index in [9.17, 15) is 4.79 Å². The van der Waals surface area contributed by atoms with Crippen LogP contribution in [0.1, 0.15) is 22.4 Å². The molecule has 0 aliphatic carbocycles. The predicted octanol–water partition coefficient (Wildman–Crippen LogP) is 0.764. The molecule has 4 nitrogen and oxygen atoms in total. The van der Waals surface area contributed by atoms with Crippen LogP contribution in [0, 0.1) is 11.3 Å². The summed E-state index contributed by atoms with van der Waals surface area (Å²) in [6, 6.07) is 1.87. The topological polar surface area (TPSA) is 65.8 Å². The molecule has 0 saturated carbocycles. The van der Waals surface area contributed by atoms with Gasteiger partial charge in [0.25, 0.3) is 5.91 Å². The number of hydrogen-bond acceptors (Lipinski definition) is 4. The van der Waals surface area contributed by atoms with E-state index in [0.29, 0.717) is 17.2 Å². The van der Waals surface area contributed by atoms with Crippen molar-refractivity contribution >= 4 is 17.2 Å². The highest BCUT2D eigenvalue weighted by molar-refractivity contribution is 7.10. The zero-order chi connectivity index (χ0) is 8.97. The number of aromatic nitrogens is 1. The van der Waals surface area contributed by atoms with Crippen LogP contribution in [0.15, 0.2) is 5.38 Å². The van der Waals surface area contributed by atoms with E-state index in [-0.39, 0.29) is 5.91 Å². The van der Waals surface area contributed by atoms with Crippen LogP contribution in [0.2, 0.25) is 0 Å². The van der Waals surface area contributed by atoms with Gasteiger partial charge in [0.05, 0.1) is 0 Å². The first-order valence-electron chi connectivity index (χ1n) is 3.41. The van der Waals surface area contributed by atoms with Gasteiger partial charge in [-0.15, -0.1) is 11.3 Å². The van der Waals surface area contributed by atoms with E-state index >= 15 is 0 Å². The van der Waals surface area contributed by atoms with Crippen LogP contribution < -0.4 is 5.32 Å². The highest BCUT2D eigenvalue weighted by atomic mass is 32.1. The Morgan fingerprint density at radius 1 is 1.92 bits per heavy atom. The maximum absolute atomic E-state index is 11.1. The van der Waals surface area contributed by atoms with Crippen molar-refractivity contribution in [3.05, 3.63) is 16.1 Å². The monoisotopic (exact) mass is 181 g/mol. The standard InChI is InChI=1S/C7H7N3OS/c1-2-9-7(11)5-4-12-6(3-8)10-5/h4H,2H2,1H3,(H,9,11). The van der Waals surface area contributed by atoms with Crippen molar-refractivity contribution in [1.29, 1.82) is 5.26 Å². The maximum atomic E-state index is 11.1. The summed E-state index contributed by atoms with van der Waals surface area (Å²) in [4.78, 5) is 14.9. The van der Waals surface area contributed by atoms with E-state index in [4.69, 9.17) is 5.26 Å². The molecule has 0 aliphatic rings. The van der Waals surface area contributed by atoms with Gasteiger partial charge in [-0.05, 0) is 6.92 Å². The summed E-state index contributed by atoms with van der Waals surface area (Å²) < 4.78 is 0. The second kappa shape index (κ2) is 3.83. The van der Waals surface area contributed by atoms with Crippen molar-refractivity contribution in [3.8, 4) is 6.07 Å². The molecule has 0 unspecified atom stereocenters. The van der Waals surface area contributed by atoms with Crippen LogP contribution in [0.5, 0.6) is 0 Å². The Labute approximate surface area is 73.9 Å². The Hall–Kier alpha value is -1.41. The average Bonchev–Trinajstić information content (AvgIpc) is 2.52. The van der Waals surface area contributed by atoms with E-state index < -0.39 is 0 Å². The van der Waals surface area contributed by atoms with E-state index in [1.54, 1.807) is 5.38 Å². The fraction of sp³-hybridized carbons (Fsp3) is 0.286. The lowest BCUT2D eigenvalue weighted by molar-refractivity contribution is 0.0951. The summed E-state index contributed by atoms with van der Waals surface area (Å²) in [6.45, 7) is 2.40. The van der Waals surface area contributed by atoms with Gasteiger partial charge in [0.1, 0.15) is 11.8 Å². The second-order valence-corrected chi connectivity index (χ2v) is 2.87. The van der Waals surface area contributed by atoms with Gasteiger partial charge in [-0.25, -0.2) is 4.98 Å². The lowest BCUT2D eigenvalue weighted by Crippen LogP contribution is -2.22. The summed E-state index contributed by atoms with van der Waals surface area (Å²) in [6.07, 6.45) is 0. The first-order valence-corrected chi connectivity index (χ1v) is 4.29. The summed E-state index contributed by atoms with van der Waals surface area (Å²) in [5, 5.41) is 12.9. The SMILES string of the molecule is CCNC(=O)c1csc(C#N)n1. The van der Waals surface area contributed by atoms with Gasteiger partial charge >= 0.3 is 0 Å². The molecule has 5 heteroatoms. The molecule has 0 bridgehead atoms. The number of thiazole rings is 1. The van der Waals surface area contributed by atoms with Crippen molar-refractivity contribution < 1.29 is 4.79 Å². The van der Waals surface area contributed by atoms with E-state index in [1.807, 2.05) is 13.0 Å². The minimum atomic E-state index is -0.227. The van der Waals surface area contributed by atoms with Crippen LogP contribution >= 0.6 is 11.3 Å². The number of amides is 1. The smallest absolute Gasteiger partial charge is 0.270 e. The molecule has 1 aromatic heterocycles. The molecule has 62 valence electrons. The molecular formula is C7H7N3OS. The van der Waals surface area contributed by atoms with Gasteiger partial charge in [0.15, 0.2) is 5.01 Å². The number of carbonyl (C=O) groups excluding carboxylic acids is 1. The second-order valence-electron chi connectivity index (χ2n) is 2.01. The number of rotatable bonds is 2. The molecule has 1 heterocycles. The summed E-state index contributed by atoms with van der Waals surface area (Å²) in [5.41, 5.74) is 0.318. The van der Waals surface area contributed by atoms with Crippen LogP contribution in [-0.4, -0.2) is 17.4 Å². The fourth-order valence-electron chi connectivity index (χ4n) is 0.680. The normalized spacial score (nSPS) is 9.00. The Kier molecular flexibility index (Phi) is 2.77. The van der Waals surface area contributed by atoms with E-state index in [2.05, 4.69) is 10.3 Å². The van der Waals surface area contributed by atoms with Crippen molar-refractivity contribution in [2.45, 2.75) is 6.92 Å². The molecule has 0 radical (unpaired) electrons. The molecule has 1 amide bonds. The molecule has 0 fully saturated rings. The third-order valence-corrected chi connectivity index (χ3v) is 1.92. The number of nitrogens with zero attached hydrogens (tertiary/aromatic N) is 2. The molecular weight excluding hydrogens is 174 g/mol. The van der Waals surface area contributed by atoms with Crippen molar-refractivity contribution in [2.24, 2.45) is 0 Å². The highest BCUT2D eigenvalue weighted by Gasteiger charge is 2.08. The zero-order valence-corrected chi connectivity index (χ0v) is 7.31. The first kappa shape index (κ1) is 8.68. The van der Waals surface area contributed by atoms with Gasteiger partial charge in [0, 0.05) is 11.9 Å². The predicted molar refractivity (Wildman–Crippen MR) is 44.8 cm³/mol. The van der Waals surface area contributed by atoms with Gasteiger partial charge < -0.3 is 5.32 Å². The highest BCUT2D eigenvalue weighted by Crippen LogP contribution is 2.07. The number of hydrogen-bond donors (Lipinski definition) is 1. The van der Waals surface area contributed by atoms with Crippen molar-refractivity contribution in [3.63, 3.8) is 0 Å². The lowest BCUT2D eigenvalue weighted by atomic mass is 10.4. The quantitative estimate of drug-likeness (QED) is 0.732. The Morgan fingerprint density at radius 3 is 3.17 bits per heavy atom. The van der Waals surface area contributed by atoms with E-state index in [1.165, 1.54) is 11.3 Å². The number of nitrogens with one attached hydrogen (secondary N) is 1. The Balaban J connectivity index is 2.76. The molecule has 0 atom stereocenters. The van der Waals surface area contributed by atoms with Gasteiger partial charge in [-0.2, -0.15) is 5.26 Å². The average molecular weight is 181 g/mol. The van der Waals surface area contributed by atoms with E-state index in [0.717, 1.165) is 0 Å². The Morgan fingerprint density at radius 2 is 2.67 bits per heavy atom. The molecule has 0 aliphatic heterocycles. The largest absolute Gasteiger partial charge is 0.351 e. The zero-order valence-electron chi connectivity index (χ0n) is 6.50. The van der Waals surface area contributed by atoms with Crippen LogP contribution in [0.25, 0.3) is 0 Å². The van der Waals surface area contributed by atoms with Crippen LogP contribution in [0.4, 0.5) is 0 Å². The minimum absolute atomic E-state index is 0.227. The summed E-state index contributed by atoms with van der Waals surface area (Å²) in [7, 11) is 0. The summed E-state index contributed by atoms with van der Waals surface area (Å²) >= 11 is 1.17. The molecule has 0 saturated heterocycles. The van der Waals surface area contributed by atoms with Gasteiger partial charge in [0.2, 0.25) is 0 Å². The van der Waals surface area contributed by atoms with Crippen molar-refractivity contribution in [1.82, 2.24) is 10.3 Å². The molecule has 0 aromatic carbocycles. The van der Waals surface area contributed by atoms with Gasteiger partial charge in [-0.1, -0.05) is 0 Å². The fourth-order valence-corrected chi connectivity index (χ4v) is 1.27. The number of carbonyl (C=O) groups is 1. The van der Waals surface area contributed by atoms with Crippen molar-refractivity contribution in [2.75, 3.05) is 6.54 Å². The lowest BCUT2D eigenvalue weighted by Gasteiger charge is -1.95.